The lowest BCUT2D eigenvalue weighted by Gasteiger charge is -2.18. The van der Waals surface area contributed by atoms with Crippen LogP contribution in [0.3, 0.4) is 0 Å². The van der Waals surface area contributed by atoms with Crippen molar-refractivity contribution in [1.82, 2.24) is 5.32 Å². The van der Waals surface area contributed by atoms with Crippen LogP contribution in [0.5, 0.6) is 5.75 Å². The molecule has 1 N–H and O–H groups in total. The Bertz CT molecular complexity index is 920. The molecule has 2 rings (SSSR count). The summed E-state index contributed by atoms with van der Waals surface area (Å²) in [5.74, 6) is 1.90. The number of benzene rings is 2. The zero-order chi connectivity index (χ0) is 21.4. The monoisotopic (exact) mass is 456 g/mol. The van der Waals surface area contributed by atoms with Crippen molar-refractivity contribution in [2.45, 2.75) is 18.8 Å². The van der Waals surface area contributed by atoms with Crippen LogP contribution in [-0.4, -0.2) is 46.0 Å². The second kappa shape index (κ2) is 10.8. The minimum Gasteiger partial charge on any atom is -0.481 e. The van der Waals surface area contributed by atoms with Gasteiger partial charge in [0.15, 0.2) is 6.10 Å². The van der Waals surface area contributed by atoms with Crippen LogP contribution < -0.4 is 14.4 Å². The largest absolute Gasteiger partial charge is 0.481 e. The third-order valence-corrected chi connectivity index (χ3v) is 6.55. The third-order valence-electron chi connectivity index (χ3n) is 4.08. The lowest BCUT2D eigenvalue weighted by molar-refractivity contribution is -0.127. The Balaban J connectivity index is 1.73. The summed E-state index contributed by atoms with van der Waals surface area (Å²) in [5.41, 5.74) is 1.67. The van der Waals surface area contributed by atoms with Crippen LogP contribution in [0.4, 0.5) is 5.69 Å². The molecule has 0 spiro atoms. The summed E-state index contributed by atoms with van der Waals surface area (Å²) in [7, 11) is -1.84. The highest BCUT2D eigenvalue weighted by Crippen LogP contribution is 2.21. The van der Waals surface area contributed by atoms with Crippen LogP contribution >= 0.6 is 23.4 Å². The molecule has 0 heterocycles. The number of nitrogens with one attached hydrogen (secondary N) is 1. The Kier molecular flexibility index (Phi) is 8.67. The standard InChI is InChI=1S/C20H25ClN2O4S2/c1-15(27-19-9-7-18(8-10-19)23(2)29(3,25)26)20(24)22-11-12-28-14-16-5-4-6-17(21)13-16/h4-10,13,15H,11-12,14H2,1-3H3,(H,22,24)/t15-/m1/s1. The Morgan fingerprint density at radius 3 is 2.55 bits per heavy atom. The highest BCUT2D eigenvalue weighted by Gasteiger charge is 2.15. The second-order valence-corrected chi connectivity index (χ2v) is 10.0. The van der Waals surface area contributed by atoms with E-state index in [0.717, 1.165) is 28.3 Å². The molecule has 1 atom stereocenters. The number of carbonyl (C=O) groups excluding carboxylic acids is 1. The number of ether oxygens (including phenoxy) is 1. The minimum absolute atomic E-state index is 0.203. The maximum Gasteiger partial charge on any atom is 0.260 e. The number of anilines is 1. The lowest BCUT2D eigenvalue weighted by atomic mass is 10.2. The number of halogens is 1. The molecule has 6 nitrogen and oxygen atoms in total. The van der Waals surface area contributed by atoms with Crippen LogP contribution in [0.2, 0.25) is 5.02 Å². The maximum absolute atomic E-state index is 12.2. The summed E-state index contributed by atoms with van der Waals surface area (Å²) in [6.07, 6.45) is 0.475. The van der Waals surface area contributed by atoms with Crippen molar-refractivity contribution >= 4 is 45.0 Å². The molecule has 0 radical (unpaired) electrons. The summed E-state index contributed by atoms with van der Waals surface area (Å²) in [6.45, 7) is 2.21. The SMILES string of the molecule is C[C@@H](Oc1ccc(N(C)S(C)(=O)=O)cc1)C(=O)NCCSCc1cccc(Cl)c1. The van der Waals surface area contributed by atoms with E-state index in [1.165, 1.54) is 11.4 Å². The van der Waals surface area contributed by atoms with Gasteiger partial charge in [0.05, 0.1) is 11.9 Å². The molecular formula is C20H25ClN2O4S2. The van der Waals surface area contributed by atoms with Crippen LogP contribution in [-0.2, 0) is 20.6 Å². The molecule has 29 heavy (non-hydrogen) atoms. The van der Waals surface area contributed by atoms with Gasteiger partial charge >= 0.3 is 0 Å². The van der Waals surface area contributed by atoms with Crippen molar-refractivity contribution in [3.63, 3.8) is 0 Å². The number of sulfonamides is 1. The van der Waals surface area contributed by atoms with Gasteiger partial charge in [-0.2, -0.15) is 11.8 Å². The predicted molar refractivity (Wildman–Crippen MR) is 120 cm³/mol. The van der Waals surface area contributed by atoms with Gasteiger partial charge in [0, 0.05) is 30.1 Å². The Labute approximate surface area is 181 Å². The van der Waals surface area contributed by atoms with E-state index in [1.807, 2.05) is 24.3 Å². The van der Waals surface area contributed by atoms with E-state index >= 15 is 0 Å². The number of rotatable bonds is 10. The van der Waals surface area contributed by atoms with Gasteiger partial charge < -0.3 is 10.1 Å². The van der Waals surface area contributed by atoms with Gasteiger partial charge in [-0.15, -0.1) is 0 Å². The highest BCUT2D eigenvalue weighted by molar-refractivity contribution is 7.98. The zero-order valence-electron chi connectivity index (χ0n) is 16.6. The van der Waals surface area contributed by atoms with Gasteiger partial charge in [0.25, 0.3) is 5.91 Å². The van der Waals surface area contributed by atoms with Crippen LogP contribution in [0.15, 0.2) is 48.5 Å². The number of thioether (sulfide) groups is 1. The molecule has 0 unspecified atom stereocenters. The van der Waals surface area contributed by atoms with Crippen molar-refractivity contribution in [3.05, 3.63) is 59.1 Å². The van der Waals surface area contributed by atoms with Gasteiger partial charge in [-0.05, 0) is 48.9 Å². The number of carbonyl (C=O) groups is 1. The number of hydrogen-bond acceptors (Lipinski definition) is 5. The van der Waals surface area contributed by atoms with Crippen molar-refractivity contribution in [3.8, 4) is 5.75 Å². The molecule has 0 aliphatic rings. The van der Waals surface area contributed by atoms with Gasteiger partial charge in [-0.3, -0.25) is 9.10 Å². The topological polar surface area (TPSA) is 75.7 Å². The summed E-state index contributed by atoms with van der Waals surface area (Å²) in [6, 6.07) is 14.3. The van der Waals surface area contributed by atoms with Crippen molar-refractivity contribution in [1.29, 1.82) is 0 Å². The molecule has 0 aliphatic carbocycles. The average molecular weight is 457 g/mol. The van der Waals surface area contributed by atoms with E-state index in [2.05, 4.69) is 5.32 Å². The van der Waals surface area contributed by atoms with Crippen LogP contribution in [0.25, 0.3) is 0 Å². The number of hydrogen-bond donors (Lipinski definition) is 1. The number of nitrogens with zero attached hydrogens (tertiary/aromatic N) is 1. The molecule has 0 fully saturated rings. The van der Waals surface area contributed by atoms with Gasteiger partial charge in [-0.1, -0.05) is 23.7 Å². The molecular weight excluding hydrogens is 432 g/mol. The number of amides is 1. The van der Waals surface area contributed by atoms with Crippen molar-refractivity contribution in [2.24, 2.45) is 0 Å². The fourth-order valence-corrected chi connectivity index (χ4v) is 3.91. The van der Waals surface area contributed by atoms with E-state index in [9.17, 15) is 13.2 Å². The molecule has 0 aromatic heterocycles. The second-order valence-electron chi connectivity index (χ2n) is 6.46. The van der Waals surface area contributed by atoms with E-state index in [1.54, 1.807) is 43.0 Å². The van der Waals surface area contributed by atoms with E-state index in [-0.39, 0.29) is 5.91 Å². The van der Waals surface area contributed by atoms with Gasteiger partial charge in [0.2, 0.25) is 10.0 Å². The summed E-state index contributed by atoms with van der Waals surface area (Å²) < 4.78 is 29.9. The maximum atomic E-state index is 12.2. The molecule has 0 saturated carbocycles. The average Bonchev–Trinajstić information content (AvgIpc) is 2.67. The smallest absolute Gasteiger partial charge is 0.260 e. The quantitative estimate of drug-likeness (QED) is 0.553. The van der Waals surface area contributed by atoms with Gasteiger partial charge in [0.1, 0.15) is 5.75 Å². The van der Waals surface area contributed by atoms with Crippen molar-refractivity contribution < 1.29 is 17.9 Å². The first-order valence-corrected chi connectivity index (χ1v) is 12.4. The summed E-state index contributed by atoms with van der Waals surface area (Å²) in [5, 5.41) is 3.57. The summed E-state index contributed by atoms with van der Waals surface area (Å²) in [4.78, 5) is 12.2. The Hall–Kier alpha value is -1.90. The first-order chi connectivity index (χ1) is 13.7. The molecule has 1 amide bonds. The van der Waals surface area contributed by atoms with E-state index < -0.39 is 16.1 Å². The first kappa shape index (κ1) is 23.4. The van der Waals surface area contributed by atoms with E-state index in [4.69, 9.17) is 16.3 Å². The van der Waals surface area contributed by atoms with Gasteiger partial charge in [-0.25, -0.2) is 8.42 Å². The fraction of sp³-hybridized carbons (Fsp3) is 0.350. The van der Waals surface area contributed by atoms with Crippen LogP contribution in [0, 0.1) is 0 Å². The molecule has 9 heteroatoms. The zero-order valence-corrected chi connectivity index (χ0v) is 19.0. The molecule has 0 aliphatic heterocycles. The minimum atomic E-state index is -3.32. The molecule has 2 aromatic rings. The molecule has 0 bridgehead atoms. The Morgan fingerprint density at radius 2 is 1.93 bits per heavy atom. The predicted octanol–water partition coefficient (Wildman–Crippen LogP) is 3.55. The van der Waals surface area contributed by atoms with Crippen molar-refractivity contribution in [2.75, 3.05) is 29.9 Å². The molecule has 0 saturated heterocycles. The summed E-state index contributed by atoms with van der Waals surface area (Å²) >= 11 is 7.67. The third kappa shape index (κ3) is 7.79. The van der Waals surface area contributed by atoms with E-state index in [0.29, 0.717) is 18.0 Å². The molecule has 2 aromatic carbocycles. The molecule has 158 valence electrons. The first-order valence-electron chi connectivity index (χ1n) is 8.97. The highest BCUT2D eigenvalue weighted by atomic mass is 35.5. The Morgan fingerprint density at radius 1 is 1.24 bits per heavy atom. The fourth-order valence-electron chi connectivity index (χ4n) is 2.39. The lowest BCUT2D eigenvalue weighted by Crippen LogP contribution is -2.37. The normalized spacial score (nSPS) is 12.3. The van der Waals surface area contributed by atoms with Crippen LogP contribution in [0.1, 0.15) is 12.5 Å².